The molecule has 73 heavy (non-hydrogen) atoms. The Morgan fingerprint density at radius 1 is 0.370 bits per heavy atom. The van der Waals surface area contributed by atoms with E-state index in [0.717, 1.165) is 0 Å². The zero-order chi connectivity index (χ0) is 50.1. The second kappa shape index (κ2) is 16.4. The van der Waals surface area contributed by atoms with Gasteiger partial charge in [-0.25, -0.2) is 0 Å². The number of hydrogen-bond acceptors (Lipinski definition) is 1. The molecule has 0 unspecified atom stereocenters. The van der Waals surface area contributed by atoms with Crippen LogP contribution in [0.1, 0.15) is 143 Å². The summed E-state index contributed by atoms with van der Waals surface area (Å²) in [6.45, 7) is 18.9. The minimum atomic E-state index is -0.600. The van der Waals surface area contributed by atoms with Crippen LogP contribution < -0.4 is 4.90 Å². The molecular weight excluding hydrogens is 879 g/mol. The SMILES string of the molecule is CC(C)(C)c1cccc(C2(c3cccc(C(C)(C)C)c3)c3ccccc3-c3c(N(c4ccc5c(c4)C4(CCCCC4)c4ccccc4-5)c4ccccc4-c4cccc5c4C(C)(C)c4ccccc4-5)cccc32)c1. The van der Waals surface area contributed by atoms with Gasteiger partial charge in [0.05, 0.1) is 16.8 Å². The summed E-state index contributed by atoms with van der Waals surface area (Å²) < 4.78 is 0. The van der Waals surface area contributed by atoms with Crippen LogP contribution in [0.3, 0.4) is 0 Å². The molecule has 0 N–H and O–H groups in total. The summed E-state index contributed by atoms with van der Waals surface area (Å²) >= 11 is 0. The lowest BCUT2D eigenvalue weighted by Crippen LogP contribution is -2.30. The number of hydrogen-bond donors (Lipinski definition) is 0. The van der Waals surface area contributed by atoms with E-state index in [-0.39, 0.29) is 21.7 Å². The van der Waals surface area contributed by atoms with Crippen molar-refractivity contribution < 1.29 is 0 Å². The Bertz CT molecular complexity index is 3610. The highest BCUT2D eigenvalue weighted by Gasteiger charge is 2.49. The van der Waals surface area contributed by atoms with Crippen LogP contribution in [0.15, 0.2) is 200 Å². The Balaban J connectivity index is 1.13. The molecule has 0 atom stereocenters. The maximum absolute atomic E-state index is 2.67. The molecule has 0 aromatic heterocycles. The molecule has 0 heterocycles. The normalized spacial score (nSPS) is 16.3. The largest absolute Gasteiger partial charge is 0.309 e. The summed E-state index contributed by atoms with van der Waals surface area (Å²) in [5.74, 6) is 0. The third-order valence-corrected chi connectivity index (χ3v) is 17.8. The van der Waals surface area contributed by atoms with Crippen molar-refractivity contribution in [3.05, 3.63) is 256 Å². The van der Waals surface area contributed by atoms with Crippen molar-refractivity contribution in [1.29, 1.82) is 0 Å². The van der Waals surface area contributed by atoms with Crippen molar-refractivity contribution >= 4 is 17.1 Å². The summed E-state index contributed by atoms with van der Waals surface area (Å²) in [5.41, 5.74) is 27.0. The zero-order valence-corrected chi connectivity index (χ0v) is 44.0. The minimum Gasteiger partial charge on any atom is -0.309 e. The van der Waals surface area contributed by atoms with E-state index in [1.807, 2.05) is 0 Å². The summed E-state index contributed by atoms with van der Waals surface area (Å²) in [6.07, 6.45) is 6.16. The summed E-state index contributed by atoms with van der Waals surface area (Å²) in [5, 5.41) is 0. The van der Waals surface area contributed by atoms with E-state index in [2.05, 4.69) is 260 Å². The number of anilines is 3. The first kappa shape index (κ1) is 45.6. The van der Waals surface area contributed by atoms with Crippen LogP contribution in [-0.4, -0.2) is 0 Å². The van der Waals surface area contributed by atoms with Gasteiger partial charge in [-0.15, -0.1) is 0 Å². The fourth-order valence-electron chi connectivity index (χ4n) is 14.4. The molecule has 360 valence electrons. The molecule has 13 rings (SSSR count). The van der Waals surface area contributed by atoms with Gasteiger partial charge in [0.1, 0.15) is 0 Å². The number of fused-ring (bicyclic) bond motifs is 11. The third kappa shape index (κ3) is 6.66. The zero-order valence-electron chi connectivity index (χ0n) is 44.0. The highest BCUT2D eigenvalue weighted by Crippen LogP contribution is 2.63. The first-order chi connectivity index (χ1) is 35.2. The van der Waals surface area contributed by atoms with E-state index in [0.29, 0.717) is 0 Å². The van der Waals surface area contributed by atoms with Crippen molar-refractivity contribution in [2.24, 2.45) is 0 Å². The molecule has 1 saturated carbocycles. The van der Waals surface area contributed by atoms with Crippen LogP contribution in [0, 0.1) is 0 Å². The van der Waals surface area contributed by atoms with E-state index >= 15 is 0 Å². The molecule has 0 amide bonds. The van der Waals surface area contributed by atoms with Crippen molar-refractivity contribution in [2.45, 2.75) is 115 Å². The molecule has 1 fully saturated rings. The molecule has 0 bridgehead atoms. The van der Waals surface area contributed by atoms with Gasteiger partial charge in [-0.05, 0) is 137 Å². The lowest BCUT2D eigenvalue weighted by atomic mass is 9.66. The van der Waals surface area contributed by atoms with Crippen molar-refractivity contribution in [1.82, 2.24) is 0 Å². The molecule has 4 aliphatic carbocycles. The molecule has 0 saturated heterocycles. The molecule has 0 radical (unpaired) electrons. The van der Waals surface area contributed by atoms with Gasteiger partial charge >= 0.3 is 0 Å². The lowest BCUT2D eigenvalue weighted by molar-refractivity contribution is 0.353. The van der Waals surface area contributed by atoms with Gasteiger partial charge in [-0.1, -0.05) is 251 Å². The minimum absolute atomic E-state index is 0.00202. The molecule has 0 aliphatic heterocycles. The summed E-state index contributed by atoms with van der Waals surface area (Å²) in [4.78, 5) is 2.67. The van der Waals surface area contributed by atoms with E-state index in [1.165, 1.54) is 149 Å². The maximum Gasteiger partial charge on any atom is 0.0714 e. The Hall–Kier alpha value is -7.22. The van der Waals surface area contributed by atoms with Gasteiger partial charge in [0.15, 0.2) is 0 Å². The Labute approximate surface area is 434 Å². The van der Waals surface area contributed by atoms with Crippen LogP contribution in [0.25, 0.3) is 44.5 Å². The van der Waals surface area contributed by atoms with Gasteiger partial charge in [0.2, 0.25) is 0 Å². The lowest BCUT2D eigenvalue weighted by Gasteiger charge is -2.37. The fraction of sp³-hybridized carbons (Fsp3) is 0.250. The van der Waals surface area contributed by atoms with Gasteiger partial charge < -0.3 is 4.90 Å². The Morgan fingerprint density at radius 3 is 1.51 bits per heavy atom. The number of benzene rings is 9. The summed E-state index contributed by atoms with van der Waals surface area (Å²) in [6, 6.07) is 78.0. The van der Waals surface area contributed by atoms with Crippen LogP contribution >= 0.6 is 0 Å². The molecular formula is C72H67N. The van der Waals surface area contributed by atoms with Crippen molar-refractivity contribution in [3.8, 4) is 44.5 Å². The predicted molar refractivity (Wildman–Crippen MR) is 308 cm³/mol. The van der Waals surface area contributed by atoms with Gasteiger partial charge in [0, 0.05) is 27.6 Å². The molecule has 4 aliphatic rings. The van der Waals surface area contributed by atoms with Crippen LogP contribution in [0.2, 0.25) is 0 Å². The first-order valence-corrected chi connectivity index (χ1v) is 27.1. The molecule has 1 spiro atoms. The quantitative estimate of drug-likeness (QED) is 0.161. The summed E-state index contributed by atoms with van der Waals surface area (Å²) in [7, 11) is 0. The van der Waals surface area contributed by atoms with E-state index in [4.69, 9.17) is 0 Å². The highest BCUT2D eigenvalue weighted by molar-refractivity contribution is 6.01. The maximum atomic E-state index is 2.67. The highest BCUT2D eigenvalue weighted by atomic mass is 15.1. The first-order valence-electron chi connectivity index (χ1n) is 27.1. The standard InChI is InChI=1S/C72H67N/c1-68(2,3)47-24-20-26-49(44-47)72(50-27-21-25-48(45-50)69(4,5)6)61-36-16-12-31-58(61)66-62(72)37-23-39-65(66)73(51-40-41-54-52-28-11-15-35-60(52)71(63(54)46-51)42-18-9-19-43-71)64-38-17-13-30-55(64)57-33-22-32-56-53-29-10-14-34-59(53)70(7,8)67(56)57/h10-17,20-41,44-46H,9,18-19,42-43H2,1-8H3. The van der Waals surface area contributed by atoms with E-state index in [1.54, 1.807) is 0 Å². The number of nitrogens with zero attached hydrogens (tertiary/aromatic N) is 1. The molecule has 1 nitrogen and oxygen atoms in total. The van der Waals surface area contributed by atoms with E-state index < -0.39 is 5.41 Å². The van der Waals surface area contributed by atoms with Gasteiger partial charge in [-0.2, -0.15) is 0 Å². The van der Waals surface area contributed by atoms with Crippen LogP contribution in [0.4, 0.5) is 17.1 Å². The fourth-order valence-corrected chi connectivity index (χ4v) is 14.4. The molecule has 9 aromatic carbocycles. The molecule has 1 heteroatoms. The smallest absolute Gasteiger partial charge is 0.0714 e. The van der Waals surface area contributed by atoms with Gasteiger partial charge in [-0.3, -0.25) is 0 Å². The van der Waals surface area contributed by atoms with Gasteiger partial charge in [0.25, 0.3) is 0 Å². The average Bonchev–Trinajstić information content (AvgIpc) is 3.95. The third-order valence-electron chi connectivity index (χ3n) is 17.8. The Morgan fingerprint density at radius 2 is 0.849 bits per heavy atom. The van der Waals surface area contributed by atoms with Crippen LogP contribution in [-0.2, 0) is 27.1 Å². The van der Waals surface area contributed by atoms with Crippen molar-refractivity contribution in [3.63, 3.8) is 0 Å². The predicted octanol–water partition coefficient (Wildman–Crippen LogP) is 19.3. The second-order valence-corrected chi connectivity index (χ2v) is 24.3. The number of rotatable bonds is 6. The van der Waals surface area contributed by atoms with E-state index in [9.17, 15) is 0 Å². The van der Waals surface area contributed by atoms with Crippen LogP contribution in [0.5, 0.6) is 0 Å². The molecule has 9 aromatic rings. The second-order valence-electron chi connectivity index (χ2n) is 24.3. The topological polar surface area (TPSA) is 3.24 Å². The number of para-hydroxylation sites is 1. The van der Waals surface area contributed by atoms with Crippen molar-refractivity contribution in [2.75, 3.05) is 4.90 Å². The monoisotopic (exact) mass is 946 g/mol. The average molecular weight is 946 g/mol. The Kier molecular flexibility index (Phi) is 10.2.